The normalized spacial score (nSPS) is 36.2. The highest BCUT2D eigenvalue weighted by Gasteiger charge is 2.88. The van der Waals surface area contributed by atoms with Crippen LogP contribution >= 0.6 is 0 Å². The number of aromatic hydroxyl groups is 1. The number of hydrogen-bond donors (Lipinski definition) is 1. The molecule has 180 valence electrons. The van der Waals surface area contributed by atoms with Crippen LogP contribution in [0.2, 0.25) is 0 Å². The van der Waals surface area contributed by atoms with Crippen LogP contribution in [0.15, 0.2) is 12.1 Å². The monoisotopic (exact) mass is 472 g/mol. The second kappa shape index (κ2) is 7.13. The summed E-state index contributed by atoms with van der Waals surface area (Å²) in [7, 11) is 0. The molecule has 0 aliphatic heterocycles. The van der Waals surface area contributed by atoms with Gasteiger partial charge in [-0.25, -0.2) is 0 Å². The first kappa shape index (κ1) is 23.4. The fourth-order valence-electron chi connectivity index (χ4n) is 6.15. The molecule has 0 spiro atoms. The van der Waals surface area contributed by atoms with E-state index in [9.17, 15) is 8.78 Å². The number of halogens is 8. The smallest absolute Gasteiger partial charge is 0.409 e. The van der Waals surface area contributed by atoms with Crippen molar-refractivity contribution in [2.45, 2.75) is 76.2 Å². The Kier molecular flexibility index (Phi) is 5.22. The molecule has 4 aliphatic carbocycles. The predicted molar refractivity (Wildman–Crippen MR) is 97.9 cm³/mol. The van der Waals surface area contributed by atoms with Crippen molar-refractivity contribution in [3.63, 3.8) is 0 Å². The lowest BCUT2D eigenvalue weighted by atomic mass is 9.44. The van der Waals surface area contributed by atoms with Crippen LogP contribution in [0.3, 0.4) is 0 Å². The van der Waals surface area contributed by atoms with E-state index in [0.717, 1.165) is 0 Å². The molecule has 0 heterocycles. The molecule has 4 fully saturated rings. The van der Waals surface area contributed by atoms with Gasteiger partial charge < -0.3 is 9.84 Å². The minimum atomic E-state index is -5.13. The molecule has 0 aromatic heterocycles. The van der Waals surface area contributed by atoms with Gasteiger partial charge in [0.15, 0.2) is 11.5 Å². The second-order valence-corrected chi connectivity index (χ2v) is 9.67. The Morgan fingerprint density at radius 2 is 1.44 bits per heavy atom. The van der Waals surface area contributed by atoms with Crippen molar-refractivity contribution < 1.29 is 45.0 Å². The van der Waals surface area contributed by atoms with Crippen LogP contribution in [-0.4, -0.2) is 23.1 Å². The Balaban J connectivity index is 1.70. The average molecular weight is 472 g/mol. The van der Waals surface area contributed by atoms with Crippen molar-refractivity contribution in [1.82, 2.24) is 0 Å². The Morgan fingerprint density at radius 1 is 0.875 bits per heavy atom. The lowest BCUT2D eigenvalue weighted by Crippen LogP contribution is -2.75. The van der Waals surface area contributed by atoms with E-state index in [4.69, 9.17) is 5.11 Å². The number of fused-ring (bicyclic) bond motifs is 3. The third kappa shape index (κ3) is 2.82. The minimum Gasteiger partial charge on any atom is -0.505 e. The Morgan fingerprint density at radius 3 is 2.00 bits per heavy atom. The molecule has 2 nitrogen and oxygen atoms in total. The third-order valence-electron chi connectivity index (χ3n) is 8.24. The van der Waals surface area contributed by atoms with Crippen molar-refractivity contribution in [3.05, 3.63) is 23.8 Å². The lowest BCUT2D eigenvalue weighted by molar-refractivity contribution is -0.438. The molecule has 1 N–H and O–H groups in total. The summed E-state index contributed by atoms with van der Waals surface area (Å²) in [5.74, 6) is -16.8. The van der Waals surface area contributed by atoms with Gasteiger partial charge in [0, 0.05) is 5.41 Å². The number of benzene rings is 1. The second-order valence-electron chi connectivity index (χ2n) is 9.67. The summed E-state index contributed by atoms with van der Waals surface area (Å²) in [5, 5.41) is 9.12. The van der Waals surface area contributed by atoms with Gasteiger partial charge in [-0.2, -0.15) is 35.1 Å². The molecule has 0 unspecified atom stereocenters. The molecule has 4 aliphatic rings. The predicted octanol–water partition coefficient (Wildman–Crippen LogP) is 7.30. The first-order valence-corrected chi connectivity index (χ1v) is 10.7. The van der Waals surface area contributed by atoms with Gasteiger partial charge in [0.25, 0.3) is 0 Å². The molecule has 0 saturated heterocycles. The van der Waals surface area contributed by atoms with Crippen molar-refractivity contribution in [2.24, 2.45) is 22.7 Å². The summed E-state index contributed by atoms with van der Waals surface area (Å²) in [5.41, 5.74) is -5.65. The number of phenolic OH excluding ortho intramolecular Hbond substituents is 1. The third-order valence-corrected chi connectivity index (χ3v) is 8.24. The van der Waals surface area contributed by atoms with Gasteiger partial charge in [0.1, 0.15) is 5.41 Å². The maximum Gasteiger partial charge on any atom is 0.409 e. The summed E-state index contributed by atoms with van der Waals surface area (Å²) in [6.45, 7) is 1.95. The minimum absolute atomic E-state index is 0.293. The molecular formula is C22H24F8O2. The van der Waals surface area contributed by atoms with Gasteiger partial charge in [0.2, 0.25) is 11.6 Å². The molecule has 0 atom stereocenters. The number of rotatable bonds is 4. The summed E-state index contributed by atoms with van der Waals surface area (Å²) >= 11 is 0. The maximum absolute atomic E-state index is 15.4. The molecule has 1 aromatic carbocycles. The highest BCUT2D eigenvalue weighted by molar-refractivity contribution is 5.34. The number of ether oxygens (including phenoxy) is 1. The van der Waals surface area contributed by atoms with Crippen molar-refractivity contribution >= 4 is 0 Å². The van der Waals surface area contributed by atoms with Gasteiger partial charge in [-0.3, -0.25) is 0 Å². The van der Waals surface area contributed by atoms with E-state index in [2.05, 4.69) is 4.74 Å². The number of hydrogen-bond acceptors (Lipinski definition) is 2. The number of alkyl halides is 6. The lowest BCUT2D eigenvalue weighted by Gasteiger charge is -2.64. The van der Waals surface area contributed by atoms with E-state index in [1.807, 2.05) is 6.92 Å². The van der Waals surface area contributed by atoms with Crippen LogP contribution < -0.4 is 4.74 Å². The van der Waals surface area contributed by atoms with Crippen LogP contribution in [0.5, 0.6) is 11.5 Å². The summed E-state index contributed by atoms with van der Waals surface area (Å²) in [6.07, 6.45) is -5.94. The van der Waals surface area contributed by atoms with Crippen molar-refractivity contribution in [3.8, 4) is 11.5 Å². The van der Waals surface area contributed by atoms with Gasteiger partial charge in [-0.1, -0.05) is 19.8 Å². The Bertz CT molecular complexity index is 884. The molecule has 10 heteroatoms. The zero-order valence-electron chi connectivity index (χ0n) is 17.3. The molecule has 0 radical (unpaired) electrons. The highest BCUT2D eigenvalue weighted by atomic mass is 19.3. The number of phenols is 1. The first-order chi connectivity index (χ1) is 14.7. The van der Waals surface area contributed by atoms with Gasteiger partial charge >= 0.3 is 18.0 Å². The van der Waals surface area contributed by atoms with Crippen LogP contribution in [0.1, 0.15) is 58.3 Å². The first-order valence-electron chi connectivity index (χ1n) is 10.7. The molecule has 32 heavy (non-hydrogen) atoms. The summed E-state index contributed by atoms with van der Waals surface area (Å²) in [4.78, 5) is 0. The van der Waals surface area contributed by atoms with Gasteiger partial charge in [-0.15, -0.1) is 0 Å². The van der Waals surface area contributed by atoms with E-state index < -0.39 is 83.5 Å². The van der Waals surface area contributed by atoms with Gasteiger partial charge in [-0.05, 0) is 62.5 Å². The average Bonchev–Trinajstić information content (AvgIpc) is 2.73. The molecule has 0 amide bonds. The van der Waals surface area contributed by atoms with E-state index in [1.54, 1.807) is 0 Å². The van der Waals surface area contributed by atoms with Crippen molar-refractivity contribution in [1.29, 1.82) is 0 Å². The van der Waals surface area contributed by atoms with Crippen LogP contribution in [0.25, 0.3) is 0 Å². The molecule has 5 rings (SSSR count). The molecular weight excluding hydrogens is 448 g/mol. The fourth-order valence-corrected chi connectivity index (χ4v) is 6.15. The van der Waals surface area contributed by atoms with E-state index in [0.29, 0.717) is 43.7 Å². The van der Waals surface area contributed by atoms with Crippen LogP contribution in [-0.2, 0) is 0 Å². The van der Waals surface area contributed by atoms with Crippen molar-refractivity contribution in [2.75, 3.05) is 0 Å². The van der Waals surface area contributed by atoms with E-state index in [-0.39, 0.29) is 0 Å². The molecule has 4 saturated carbocycles. The Hall–Kier alpha value is -1.74. The van der Waals surface area contributed by atoms with E-state index in [1.165, 1.54) is 0 Å². The quantitative estimate of drug-likeness (QED) is 0.466. The zero-order chi connectivity index (χ0) is 23.7. The molecule has 2 bridgehead atoms. The zero-order valence-corrected chi connectivity index (χ0v) is 17.3. The standard InChI is InChI=1S/C22H24F8O2/c1-12-2-4-13(5-3-12)18-8-10-19(11-9-18,21(27,28)20(18,25)26)22(29,30)32-15-7-6-14(31)16(23)17(15)24/h6-7,12-13,31H,2-5,8-11H2,1H3. The van der Waals surface area contributed by atoms with Crippen LogP contribution in [0, 0.1) is 34.3 Å². The topological polar surface area (TPSA) is 29.5 Å². The largest absolute Gasteiger partial charge is 0.505 e. The van der Waals surface area contributed by atoms with Gasteiger partial charge in [0.05, 0.1) is 0 Å². The summed E-state index contributed by atoms with van der Waals surface area (Å²) < 4.78 is 123. The SMILES string of the molecule is CC1CCC(C23CCC(C(F)(F)Oc4ccc(O)c(F)c4F)(CC2)C(F)(F)C3(F)F)CC1. The van der Waals surface area contributed by atoms with Crippen LogP contribution in [0.4, 0.5) is 35.1 Å². The molecule has 1 aromatic rings. The summed E-state index contributed by atoms with van der Waals surface area (Å²) in [6, 6.07) is 0.943. The Labute approximate surface area is 179 Å². The van der Waals surface area contributed by atoms with E-state index >= 15 is 26.3 Å². The fraction of sp³-hybridized carbons (Fsp3) is 0.727. The highest BCUT2D eigenvalue weighted by Crippen LogP contribution is 2.76. The maximum atomic E-state index is 15.4.